The first-order valence-corrected chi connectivity index (χ1v) is 37.2. The van der Waals surface area contributed by atoms with Crippen molar-refractivity contribution in [3.05, 3.63) is 72.9 Å². The molecule has 2 rings (SSSR count). The number of aliphatic hydroxyl groups is 8. The van der Waals surface area contributed by atoms with Gasteiger partial charge in [0, 0.05) is 6.42 Å². The van der Waals surface area contributed by atoms with Crippen LogP contribution in [-0.2, 0) is 23.7 Å². The second-order valence-corrected chi connectivity index (χ2v) is 26.0. The lowest BCUT2D eigenvalue weighted by atomic mass is 9.97. The van der Waals surface area contributed by atoms with Gasteiger partial charge in [-0.05, 0) is 64.2 Å². The Morgan fingerprint density at radius 2 is 0.767 bits per heavy atom. The van der Waals surface area contributed by atoms with Crippen LogP contribution in [0, 0.1) is 0 Å². The summed E-state index contributed by atoms with van der Waals surface area (Å²) in [5.41, 5.74) is 0. The van der Waals surface area contributed by atoms with Crippen LogP contribution in [0.1, 0.15) is 309 Å². The van der Waals surface area contributed by atoms with Crippen LogP contribution in [0.4, 0.5) is 0 Å². The van der Waals surface area contributed by atoms with E-state index in [2.05, 4.69) is 92.1 Å². The standard InChI is InChI=1S/C76H137NO13/c1-3-5-7-9-11-13-15-17-19-21-23-25-27-29-31-32-34-36-38-40-42-44-46-48-50-52-54-56-58-60-68(81)77-64(63-87-75-73(86)71(84)74(67(62-79)89-75)90-76-72(85)70(83)69(82)66(61-78)88-76)65(80)59-57-55-53-51-49-47-45-43-41-39-37-35-33-30-28-26-24-22-20-18-16-14-12-10-8-6-4-2/h5,7,11,13,17,19,23,25,29,31,34,36,64-67,69-76,78-80,82-86H,3-4,6,8-10,12,14-16,18,20-22,24,26-28,30,32-33,35,37-63H2,1-2H3,(H,77,81)/b7-5-,13-11-,19-17-,25-23-,31-29-,36-34-. The summed E-state index contributed by atoms with van der Waals surface area (Å²) in [6.45, 7) is 2.78. The number of hydrogen-bond donors (Lipinski definition) is 9. The summed E-state index contributed by atoms with van der Waals surface area (Å²) in [5, 5.41) is 87.8. The van der Waals surface area contributed by atoms with Crippen LogP contribution in [0.5, 0.6) is 0 Å². The zero-order valence-corrected chi connectivity index (χ0v) is 57.1. The second kappa shape index (κ2) is 60.1. The average Bonchev–Trinajstić information content (AvgIpc) is 1.26. The number of allylic oxidation sites excluding steroid dienone is 12. The fraction of sp³-hybridized carbons (Fsp3) is 0.829. The van der Waals surface area contributed by atoms with E-state index >= 15 is 0 Å². The average molecular weight is 1270 g/mol. The fourth-order valence-corrected chi connectivity index (χ4v) is 12.1. The lowest BCUT2D eigenvalue weighted by Crippen LogP contribution is -2.65. The molecule has 0 radical (unpaired) electrons. The van der Waals surface area contributed by atoms with E-state index in [0.29, 0.717) is 19.3 Å². The maximum absolute atomic E-state index is 13.4. The van der Waals surface area contributed by atoms with Crippen LogP contribution in [0.2, 0.25) is 0 Å². The van der Waals surface area contributed by atoms with E-state index in [1.807, 2.05) is 0 Å². The largest absolute Gasteiger partial charge is 0.394 e. The number of amides is 1. The zero-order valence-electron chi connectivity index (χ0n) is 57.1. The van der Waals surface area contributed by atoms with Gasteiger partial charge < -0.3 is 65.1 Å². The SMILES string of the molecule is CC/C=C\C/C=C\C/C=C\C/C=C\C/C=C\C/C=C\CCCCCCCCCCCCC(=O)NC(COC1OC(CO)C(OC2OC(CO)C(O)C(O)C2O)C(O)C1O)C(O)CCCCCCCCCCCCCCCCCCCCCCCCCCCCC. The maximum Gasteiger partial charge on any atom is 0.220 e. The maximum atomic E-state index is 13.4. The highest BCUT2D eigenvalue weighted by atomic mass is 16.7. The number of carbonyl (C=O) groups is 1. The van der Waals surface area contributed by atoms with Crippen molar-refractivity contribution in [1.29, 1.82) is 0 Å². The summed E-state index contributed by atoms with van der Waals surface area (Å²) in [7, 11) is 0. The molecular weight excluding hydrogens is 1130 g/mol. The molecule has 0 aromatic rings. The van der Waals surface area contributed by atoms with Gasteiger partial charge in [-0.15, -0.1) is 0 Å². The van der Waals surface area contributed by atoms with E-state index < -0.39 is 86.8 Å². The summed E-state index contributed by atoms with van der Waals surface area (Å²) in [4.78, 5) is 13.4. The predicted molar refractivity (Wildman–Crippen MR) is 369 cm³/mol. The number of rotatable bonds is 61. The smallest absolute Gasteiger partial charge is 0.220 e. The Labute approximate surface area is 548 Å². The van der Waals surface area contributed by atoms with Crippen molar-refractivity contribution < 1.29 is 64.6 Å². The first-order valence-electron chi connectivity index (χ1n) is 37.2. The highest BCUT2D eigenvalue weighted by Gasteiger charge is 2.51. The molecule has 9 N–H and O–H groups in total. The first-order chi connectivity index (χ1) is 44.1. The monoisotopic (exact) mass is 1270 g/mol. The Morgan fingerprint density at radius 1 is 0.411 bits per heavy atom. The van der Waals surface area contributed by atoms with Crippen molar-refractivity contribution in [2.75, 3.05) is 19.8 Å². The Balaban J connectivity index is 1.66. The van der Waals surface area contributed by atoms with Gasteiger partial charge in [0.05, 0.1) is 32.0 Å². The fourth-order valence-electron chi connectivity index (χ4n) is 12.1. The zero-order chi connectivity index (χ0) is 65.2. The number of aliphatic hydroxyl groups excluding tert-OH is 8. The van der Waals surface area contributed by atoms with Crippen molar-refractivity contribution in [1.82, 2.24) is 5.32 Å². The molecule has 90 heavy (non-hydrogen) atoms. The Hall–Kier alpha value is -2.57. The molecule has 2 fully saturated rings. The van der Waals surface area contributed by atoms with Crippen LogP contribution in [0.15, 0.2) is 72.9 Å². The Morgan fingerprint density at radius 3 is 1.18 bits per heavy atom. The molecule has 0 aliphatic carbocycles. The normalized spacial score (nSPS) is 23.3. The van der Waals surface area contributed by atoms with Gasteiger partial charge in [-0.1, -0.05) is 311 Å². The van der Waals surface area contributed by atoms with Crippen LogP contribution in [0.25, 0.3) is 0 Å². The number of unbranched alkanes of at least 4 members (excludes halogenated alkanes) is 36. The summed E-state index contributed by atoms with van der Waals surface area (Å²) in [5.74, 6) is -0.210. The molecule has 14 nitrogen and oxygen atoms in total. The molecule has 12 unspecified atom stereocenters. The molecule has 0 bridgehead atoms. The number of nitrogens with one attached hydrogen (secondary N) is 1. The molecule has 0 saturated carbocycles. The van der Waals surface area contributed by atoms with Gasteiger partial charge in [0.1, 0.15) is 48.8 Å². The van der Waals surface area contributed by atoms with Crippen molar-refractivity contribution in [2.45, 2.75) is 383 Å². The Kier molecular flexibility index (Phi) is 55.8. The van der Waals surface area contributed by atoms with Crippen LogP contribution >= 0.6 is 0 Å². The molecule has 12 atom stereocenters. The molecule has 14 heteroatoms. The van der Waals surface area contributed by atoms with E-state index in [1.165, 1.54) is 186 Å². The lowest BCUT2D eigenvalue weighted by Gasteiger charge is -2.46. The first kappa shape index (κ1) is 83.5. The van der Waals surface area contributed by atoms with Crippen LogP contribution in [0.3, 0.4) is 0 Å². The molecule has 1 amide bonds. The van der Waals surface area contributed by atoms with Gasteiger partial charge in [0.2, 0.25) is 5.91 Å². The number of hydrogen-bond acceptors (Lipinski definition) is 13. The number of carbonyl (C=O) groups excluding carboxylic acids is 1. The minimum Gasteiger partial charge on any atom is -0.394 e. The molecule has 0 aromatic heterocycles. The quantitative estimate of drug-likeness (QED) is 0.0204. The lowest BCUT2D eigenvalue weighted by molar-refractivity contribution is -0.359. The van der Waals surface area contributed by atoms with Crippen molar-refractivity contribution in [3.63, 3.8) is 0 Å². The van der Waals surface area contributed by atoms with Gasteiger partial charge in [0.15, 0.2) is 12.6 Å². The summed E-state index contributed by atoms with van der Waals surface area (Å²) in [6, 6.07) is -0.837. The third-order valence-corrected chi connectivity index (χ3v) is 17.9. The van der Waals surface area contributed by atoms with Crippen LogP contribution in [-0.4, -0.2) is 140 Å². The third kappa shape index (κ3) is 43.4. The molecular formula is C76H137NO13. The van der Waals surface area contributed by atoms with Gasteiger partial charge >= 0.3 is 0 Å². The predicted octanol–water partition coefficient (Wildman–Crippen LogP) is 15.8. The van der Waals surface area contributed by atoms with Gasteiger partial charge in [-0.3, -0.25) is 4.79 Å². The third-order valence-electron chi connectivity index (χ3n) is 17.9. The van der Waals surface area contributed by atoms with E-state index in [0.717, 1.165) is 89.9 Å². The van der Waals surface area contributed by atoms with E-state index in [4.69, 9.17) is 18.9 Å². The highest BCUT2D eigenvalue weighted by Crippen LogP contribution is 2.30. The minimum absolute atomic E-state index is 0.210. The van der Waals surface area contributed by atoms with Crippen LogP contribution < -0.4 is 5.32 Å². The molecule has 2 aliphatic rings. The van der Waals surface area contributed by atoms with Crippen molar-refractivity contribution in [2.24, 2.45) is 0 Å². The Bertz CT molecular complexity index is 1790. The molecule has 0 aromatic carbocycles. The van der Waals surface area contributed by atoms with E-state index in [-0.39, 0.29) is 12.5 Å². The number of ether oxygens (including phenoxy) is 4. The van der Waals surface area contributed by atoms with Crippen molar-refractivity contribution >= 4 is 5.91 Å². The minimum atomic E-state index is -1.79. The molecule has 0 spiro atoms. The van der Waals surface area contributed by atoms with Crippen molar-refractivity contribution in [3.8, 4) is 0 Å². The molecule has 524 valence electrons. The molecule has 2 aliphatic heterocycles. The molecule has 2 heterocycles. The second-order valence-electron chi connectivity index (χ2n) is 26.0. The van der Waals surface area contributed by atoms with Gasteiger partial charge in [-0.25, -0.2) is 0 Å². The summed E-state index contributed by atoms with van der Waals surface area (Å²) < 4.78 is 23.0. The van der Waals surface area contributed by atoms with Gasteiger partial charge in [-0.2, -0.15) is 0 Å². The van der Waals surface area contributed by atoms with E-state index in [9.17, 15) is 45.6 Å². The highest BCUT2D eigenvalue weighted by molar-refractivity contribution is 5.76. The summed E-state index contributed by atoms with van der Waals surface area (Å²) in [6.07, 6.45) is 64.8. The van der Waals surface area contributed by atoms with E-state index in [1.54, 1.807) is 0 Å². The van der Waals surface area contributed by atoms with Gasteiger partial charge in [0.25, 0.3) is 0 Å². The summed E-state index contributed by atoms with van der Waals surface area (Å²) >= 11 is 0. The molecule has 2 saturated heterocycles. The topological polar surface area (TPSA) is 228 Å².